The van der Waals surface area contributed by atoms with Crippen molar-refractivity contribution in [1.82, 2.24) is 15.0 Å². The third kappa shape index (κ3) is 4.17. The highest BCUT2D eigenvalue weighted by Crippen LogP contribution is 2.18. The first-order chi connectivity index (χ1) is 12.1. The van der Waals surface area contributed by atoms with E-state index in [-0.39, 0.29) is 5.91 Å². The maximum Gasteiger partial charge on any atom is 0.274 e. The number of carbonyl (C=O) groups excluding carboxylic acids is 1. The Labute approximate surface area is 146 Å². The first-order valence-electron chi connectivity index (χ1n) is 7.97. The maximum atomic E-state index is 12.5. The van der Waals surface area contributed by atoms with Gasteiger partial charge in [0.1, 0.15) is 5.69 Å². The summed E-state index contributed by atoms with van der Waals surface area (Å²) in [5.41, 5.74) is 4.33. The van der Waals surface area contributed by atoms with Crippen LogP contribution in [0.4, 0.5) is 11.6 Å². The Bertz CT molecular complexity index is 880. The molecule has 0 aliphatic heterocycles. The van der Waals surface area contributed by atoms with E-state index in [1.807, 2.05) is 44.2 Å². The average molecular weight is 333 g/mol. The molecule has 1 amide bonds. The second-order valence-corrected chi connectivity index (χ2v) is 5.68. The molecule has 0 fully saturated rings. The summed E-state index contributed by atoms with van der Waals surface area (Å²) in [5, 5.41) is 6.01. The minimum Gasteiger partial charge on any atom is -0.350 e. The summed E-state index contributed by atoms with van der Waals surface area (Å²) in [6.07, 6.45) is 5.03. The van der Waals surface area contributed by atoms with E-state index < -0.39 is 0 Å². The van der Waals surface area contributed by atoms with Crippen molar-refractivity contribution in [3.63, 3.8) is 0 Å². The van der Waals surface area contributed by atoms with Gasteiger partial charge in [-0.1, -0.05) is 12.1 Å². The van der Waals surface area contributed by atoms with Crippen molar-refractivity contribution in [2.75, 3.05) is 10.6 Å². The molecule has 0 spiro atoms. The van der Waals surface area contributed by atoms with Crippen LogP contribution in [0.3, 0.4) is 0 Å². The molecule has 2 N–H and O–H groups in total. The number of benzene rings is 1. The van der Waals surface area contributed by atoms with Gasteiger partial charge in [-0.2, -0.15) is 0 Å². The number of aromatic nitrogens is 3. The second-order valence-electron chi connectivity index (χ2n) is 5.68. The van der Waals surface area contributed by atoms with Crippen LogP contribution in [0.25, 0.3) is 0 Å². The highest BCUT2D eigenvalue weighted by molar-refractivity contribution is 6.03. The summed E-state index contributed by atoms with van der Waals surface area (Å²) >= 11 is 0. The van der Waals surface area contributed by atoms with Gasteiger partial charge in [-0.05, 0) is 54.8 Å². The fourth-order valence-electron chi connectivity index (χ4n) is 2.32. The van der Waals surface area contributed by atoms with Crippen LogP contribution < -0.4 is 10.6 Å². The van der Waals surface area contributed by atoms with E-state index >= 15 is 0 Å². The van der Waals surface area contributed by atoms with Crippen molar-refractivity contribution in [2.45, 2.75) is 20.4 Å². The monoisotopic (exact) mass is 333 g/mol. The van der Waals surface area contributed by atoms with Gasteiger partial charge in [-0.25, -0.2) is 9.97 Å². The number of nitrogens with one attached hydrogen (secondary N) is 2. The Morgan fingerprint density at radius 2 is 1.84 bits per heavy atom. The van der Waals surface area contributed by atoms with E-state index in [9.17, 15) is 4.79 Å². The molecular formula is C19H19N5O. The minimum absolute atomic E-state index is 0.261. The molecule has 0 bridgehead atoms. The lowest BCUT2D eigenvalue weighted by Crippen LogP contribution is -2.16. The maximum absolute atomic E-state index is 12.5. The zero-order chi connectivity index (χ0) is 17.6. The van der Waals surface area contributed by atoms with Gasteiger partial charge in [0, 0.05) is 30.8 Å². The average Bonchev–Trinajstić information content (AvgIpc) is 2.65. The van der Waals surface area contributed by atoms with Crippen molar-refractivity contribution < 1.29 is 4.79 Å². The first kappa shape index (κ1) is 16.6. The van der Waals surface area contributed by atoms with Gasteiger partial charge in [0.25, 0.3) is 5.91 Å². The van der Waals surface area contributed by atoms with Gasteiger partial charge >= 0.3 is 0 Å². The Morgan fingerprint density at radius 3 is 2.64 bits per heavy atom. The van der Waals surface area contributed by atoms with E-state index in [0.29, 0.717) is 18.2 Å². The summed E-state index contributed by atoms with van der Waals surface area (Å²) in [5.74, 6) is 0.147. The predicted octanol–water partition coefficient (Wildman–Crippen LogP) is 3.35. The van der Waals surface area contributed by atoms with Crippen LogP contribution in [-0.4, -0.2) is 20.9 Å². The standard InChI is InChI=1S/C19H19N5O/c1-13-4-3-5-16(14(13)2)23-18(25)17-8-11-21-19(24-17)22-12-15-6-9-20-10-7-15/h3-11H,12H2,1-2H3,(H,23,25)(H,21,22,24). The normalized spacial score (nSPS) is 10.3. The van der Waals surface area contributed by atoms with E-state index in [2.05, 4.69) is 25.6 Å². The summed E-state index contributed by atoms with van der Waals surface area (Å²) in [7, 11) is 0. The van der Waals surface area contributed by atoms with E-state index in [4.69, 9.17) is 0 Å². The molecule has 6 heteroatoms. The van der Waals surface area contributed by atoms with Crippen molar-refractivity contribution in [2.24, 2.45) is 0 Å². The number of carbonyl (C=O) groups is 1. The van der Waals surface area contributed by atoms with Crippen LogP contribution in [-0.2, 0) is 6.54 Å². The lowest BCUT2D eigenvalue weighted by atomic mass is 10.1. The van der Waals surface area contributed by atoms with E-state index in [1.165, 1.54) is 0 Å². The van der Waals surface area contributed by atoms with Gasteiger partial charge in [0.05, 0.1) is 0 Å². The third-order valence-electron chi connectivity index (χ3n) is 3.94. The summed E-state index contributed by atoms with van der Waals surface area (Å²) in [4.78, 5) is 24.9. The Hall–Kier alpha value is -3.28. The first-order valence-corrected chi connectivity index (χ1v) is 7.97. The molecule has 3 rings (SSSR count). The number of anilines is 2. The van der Waals surface area contributed by atoms with Crippen LogP contribution in [0.1, 0.15) is 27.2 Å². The number of nitrogens with zero attached hydrogens (tertiary/aromatic N) is 3. The quantitative estimate of drug-likeness (QED) is 0.748. The Kier molecular flexibility index (Phi) is 4.99. The van der Waals surface area contributed by atoms with Crippen LogP contribution in [0.5, 0.6) is 0 Å². The number of amides is 1. The fraction of sp³-hybridized carbons (Fsp3) is 0.158. The molecule has 2 aromatic heterocycles. The molecule has 1 aromatic carbocycles. The predicted molar refractivity (Wildman–Crippen MR) is 97.5 cm³/mol. The van der Waals surface area contributed by atoms with Crippen LogP contribution >= 0.6 is 0 Å². The Balaban J connectivity index is 1.70. The molecule has 0 aliphatic rings. The van der Waals surface area contributed by atoms with Crippen molar-refractivity contribution in [3.8, 4) is 0 Å². The summed E-state index contributed by atoms with van der Waals surface area (Å²) < 4.78 is 0. The number of hydrogen-bond acceptors (Lipinski definition) is 5. The zero-order valence-electron chi connectivity index (χ0n) is 14.2. The minimum atomic E-state index is -0.261. The Morgan fingerprint density at radius 1 is 1.04 bits per heavy atom. The molecule has 0 radical (unpaired) electrons. The van der Waals surface area contributed by atoms with Gasteiger partial charge in [0.2, 0.25) is 5.95 Å². The van der Waals surface area contributed by atoms with Crippen molar-refractivity contribution in [1.29, 1.82) is 0 Å². The molecule has 0 atom stereocenters. The third-order valence-corrected chi connectivity index (χ3v) is 3.94. The highest BCUT2D eigenvalue weighted by Gasteiger charge is 2.11. The largest absolute Gasteiger partial charge is 0.350 e. The zero-order valence-corrected chi connectivity index (χ0v) is 14.2. The van der Waals surface area contributed by atoms with E-state index in [0.717, 1.165) is 22.4 Å². The summed E-state index contributed by atoms with van der Waals surface area (Å²) in [6.45, 7) is 4.55. The van der Waals surface area contributed by atoms with Gasteiger partial charge in [-0.15, -0.1) is 0 Å². The molecule has 126 valence electrons. The van der Waals surface area contributed by atoms with Crippen LogP contribution in [0, 0.1) is 13.8 Å². The molecule has 3 aromatic rings. The number of hydrogen-bond donors (Lipinski definition) is 2. The molecule has 0 aliphatic carbocycles. The fourth-order valence-corrected chi connectivity index (χ4v) is 2.32. The smallest absolute Gasteiger partial charge is 0.274 e. The topological polar surface area (TPSA) is 79.8 Å². The molecule has 25 heavy (non-hydrogen) atoms. The molecule has 0 saturated heterocycles. The second kappa shape index (κ2) is 7.53. The summed E-state index contributed by atoms with van der Waals surface area (Å²) in [6, 6.07) is 11.2. The van der Waals surface area contributed by atoms with Crippen molar-refractivity contribution in [3.05, 3.63) is 77.4 Å². The number of pyridine rings is 1. The SMILES string of the molecule is Cc1cccc(NC(=O)c2ccnc(NCc3ccncc3)n2)c1C. The molecular weight excluding hydrogens is 314 g/mol. The van der Waals surface area contributed by atoms with Crippen molar-refractivity contribution >= 4 is 17.5 Å². The molecule has 0 unspecified atom stereocenters. The van der Waals surface area contributed by atoms with Gasteiger partial charge in [-0.3, -0.25) is 9.78 Å². The lowest BCUT2D eigenvalue weighted by molar-refractivity contribution is 0.102. The van der Waals surface area contributed by atoms with Gasteiger partial charge < -0.3 is 10.6 Å². The lowest BCUT2D eigenvalue weighted by Gasteiger charge is -2.10. The molecule has 2 heterocycles. The highest BCUT2D eigenvalue weighted by atomic mass is 16.1. The number of rotatable bonds is 5. The van der Waals surface area contributed by atoms with Crippen LogP contribution in [0.2, 0.25) is 0 Å². The number of aryl methyl sites for hydroxylation is 1. The molecule has 6 nitrogen and oxygen atoms in total. The van der Waals surface area contributed by atoms with Gasteiger partial charge in [0.15, 0.2) is 0 Å². The van der Waals surface area contributed by atoms with E-state index in [1.54, 1.807) is 24.7 Å². The van der Waals surface area contributed by atoms with Crippen LogP contribution in [0.15, 0.2) is 55.0 Å². The molecule has 0 saturated carbocycles.